The normalized spacial score (nSPS) is 13.2. The number of aryl methyl sites for hydroxylation is 4. The summed E-state index contributed by atoms with van der Waals surface area (Å²) in [4.78, 5) is 62.7. The highest BCUT2D eigenvalue weighted by atomic mass is 32.1. The number of imidazole rings is 1. The van der Waals surface area contributed by atoms with E-state index >= 15 is 0 Å². The van der Waals surface area contributed by atoms with Crippen LogP contribution in [0.1, 0.15) is 67.2 Å². The van der Waals surface area contributed by atoms with Crippen LogP contribution in [-0.4, -0.2) is 88.4 Å². The zero-order chi connectivity index (χ0) is 42.2. The summed E-state index contributed by atoms with van der Waals surface area (Å²) in [5.74, 6) is 1.56. The lowest BCUT2D eigenvalue weighted by Gasteiger charge is -2.26. The van der Waals surface area contributed by atoms with Crippen molar-refractivity contribution >= 4 is 68.0 Å². The fourth-order valence-electron chi connectivity index (χ4n) is 7.44. The minimum absolute atomic E-state index is 0.214. The predicted octanol–water partition coefficient (Wildman–Crippen LogP) is 4.55. The summed E-state index contributed by atoms with van der Waals surface area (Å²) < 4.78 is 17.8. The number of carbonyl (C=O) groups is 3. The summed E-state index contributed by atoms with van der Waals surface area (Å²) in [6.07, 6.45) is 7.06. The molecular weight excluding hydrogens is 787 g/mol. The Hall–Kier alpha value is -6.73. The molecule has 0 bridgehead atoms. The lowest BCUT2D eigenvalue weighted by Crippen LogP contribution is -2.42. The minimum Gasteiger partial charge on any atom is -0.494 e. The maximum Gasteiger partial charge on any atom is 0.269 e. The Labute approximate surface area is 348 Å². The first-order chi connectivity index (χ1) is 29.0. The molecule has 19 heteroatoms. The largest absolute Gasteiger partial charge is 0.494 e. The van der Waals surface area contributed by atoms with Crippen LogP contribution < -0.4 is 31.6 Å². The van der Waals surface area contributed by atoms with E-state index in [1.54, 1.807) is 35.1 Å². The number of hydrogen-bond donors (Lipinski definition) is 4. The fraction of sp³-hybridized carbons (Fsp3) is 0.341. The quantitative estimate of drug-likeness (QED) is 0.0982. The van der Waals surface area contributed by atoms with Crippen LogP contribution in [-0.2, 0) is 26.1 Å². The number of methoxy groups -OCH3 is 1. The number of nitrogens with zero attached hydrogens (tertiary/aromatic N) is 9. The van der Waals surface area contributed by atoms with Gasteiger partial charge in [-0.15, -0.1) is 11.3 Å². The number of benzene rings is 2. The van der Waals surface area contributed by atoms with Crippen molar-refractivity contribution in [2.75, 3.05) is 32.1 Å². The average molecular weight is 832 g/mol. The molecule has 6 heterocycles. The van der Waals surface area contributed by atoms with Gasteiger partial charge < -0.3 is 35.4 Å². The number of amides is 3. The molecule has 18 nitrogen and oxygen atoms in total. The lowest BCUT2D eigenvalue weighted by molar-refractivity contribution is 0.0991. The number of primary amides is 2. The van der Waals surface area contributed by atoms with Crippen LogP contribution in [0.4, 0.5) is 5.95 Å². The number of rotatable bonds is 16. The molecule has 0 aliphatic carbocycles. The molecule has 0 unspecified atom stereocenters. The van der Waals surface area contributed by atoms with Gasteiger partial charge in [0.2, 0.25) is 17.8 Å². The van der Waals surface area contributed by atoms with E-state index < -0.39 is 11.8 Å². The molecule has 310 valence electrons. The maximum absolute atomic E-state index is 13.7. The van der Waals surface area contributed by atoms with Crippen LogP contribution in [0.25, 0.3) is 44.6 Å². The van der Waals surface area contributed by atoms with Gasteiger partial charge in [-0.25, -0.2) is 29.6 Å². The van der Waals surface area contributed by atoms with Gasteiger partial charge in [-0.2, -0.15) is 5.10 Å². The highest BCUT2D eigenvalue weighted by molar-refractivity contribution is 7.13. The Balaban J connectivity index is 1.22. The zero-order valence-electron chi connectivity index (χ0n) is 33.9. The summed E-state index contributed by atoms with van der Waals surface area (Å²) >= 11 is 1.31. The molecule has 7 aromatic rings. The van der Waals surface area contributed by atoms with E-state index in [-0.39, 0.29) is 24.0 Å². The molecule has 1 fully saturated rings. The SMILES string of the molecule is CCc1nc(C)sc1C(=O)Nc1nc2cc(C(N)=O)cc(OC)c2n1C/C=C/Cn1c2nc(-c3nc(C)nn3CC)ncc2c2cc(C(N)=O)cc(OCCC3CNC3)c21. The van der Waals surface area contributed by atoms with Crippen molar-refractivity contribution in [2.45, 2.75) is 60.2 Å². The van der Waals surface area contributed by atoms with E-state index in [9.17, 15) is 14.4 Å². The Bertz CT molecular complexity index is 2850. The number of nitrogens with one attached hydrogen (secondary N) is 2. The third kappa shape index (κ3) is 7.52. The Morgan fingerprint density at radius 1 is 0.933 bits per heavy atom. The zero-order valence-corrected chi connectivity index (χ0v) is 34.7. The molecule has 6 N–H and O–H groups in total. The van der Waals surface area contributed by atoms with Gasteiger partial charge in [-0.3, -0.25) is 19.7 Å². The number of hydrogen-bond acceptors (Lipinski definition) is 13. The van der Waals surface area contributed by atoms with Gasteiger partial charge in [0.1, 0.15) is 33.4 Å². The van der Waals surface area contributed by atoms with E-state index in [1.165, 1.54) is 18.4 Å². The second-order valence-electron chi connectivity index (χ2n) is 14.5. The molecule has 0 saturated carbocycles. The van der Waals surface area contributed by atoms with Crippen molar-refractivity contribution in [3.63, 3.8) is 0 Å². The second-order valence-corrected chi connectivity index (χ2v) is 15.7. The first-order valence-electron chi connectivity index (χ1n) is 19.7. The molecule has 1 saturated heterocycles. The molecule has 3 amide bonds. The summed E-state index contributed by atoms with van der Waals surface area (Å²) in [5.41, 5.74) is 15.0. The number of anilines is 1. The van der Waals surface area contributed by atoms with E-state index in [1.807, 2.05) is 49.0 Å². The van der Waals surface area contributed by atoms with Crippen molar-refractivity contribution in [2.24, 2.45) is 17.4 Å². The number of ether oxygens (including phenoxy) is 2. The Morgan fingerprint density at radius 2 is 1.67 bits per heavy atom. The topological polar surface area (TPSA) is 238 Å². The smallest absolute Gasteiger partial charge is 0.269 e. The van der Waals surface area contributed by atoms with Gasteiger partial charge in [0.15, 0.2) is 11.6 Å². The van der Waals surface area contributed by atoms with Crippen LogP contribution in [0.2, 0.25) is 0 Å². The molecule has 1 aliphatic rings. The lowest BCUT2D eigenvalue weighted by atomic mass is 10.0. The standard InChI is InChI=1S/C41H45N13O5S/c1-6-28-34(60-22(4)47-28)40(57)50-41-48-29-15-25(36(43)56)16-30(58-5)33(29)53(41)12-9-8-11-52-32-26(14-24(35(42)55)17-31(32)59-13-10-23-18-44-19-23)27-20-45-37(49-38(27)52)39-46-21(3)51-54(39)7-2/h8-9,14-17,20,23,44H,6-7,10-13,18-19H2,1-5H3,(H2,42,55)(H2,43,56)(H,48,50,57)/b9-8+. The summed E-state index contributed by atoms with van der Waals surface area (Å²) in [5, 5.41) is 13.0. The van der Waals surface area contributed by atoms with Gasteiger partial charge >= 0.3 is 0 Å². The maximum atomic E-state index is 13.7. The third-order valence-electron chi connectivity index (χ3n) is 10.5. The monoisotopic (exact) mass is 831 g/mol. The molecule has 0 radical (unpaired) electrons. The average Bonchev–Trinajstić information content (AvgIpc) is 3.97. The number of aromatic nitrogens is 9. The number of fused-ring (bicyclic) bond motifs is 4. The van der Waals surface area contributed by atoms with Gasteiger partial charge in [0, 0.05) is 47.7 Å². The van der Waals surface area contributed by atoms with Crippen molar-refractivity contribution in [1.82, 2.24) is 49.2 Å². The van der Waals surface area contributed by atoms with Crippen molar-refractivity contribution < 1.29 is 23.9 Å². The van der Waals surface area contributed by atoms with E-state index in [0.717, 1.165) is 30.0 Å². The van der Waals surface area contributed by atoms with E-state index in [4.69, 9.17) is 35.9 Å². The van der Waals surface area contributed by atoms with Gasteiger partial charge in [-0.05, 0) is 76.9 Å². The summed E-state index contributed by atoms with van der Waals surface area (Å²) in [7, 11) is 1.49. The van der Waals surface area contributed by atoms with Gasteiger partial charge in [-0.1, -0.05) is 19.1 Å². The third-order valence-corrected chi connectivity index (χ3v) is 11.5. The first kappa shape index (κ1) is 40.1. The first-order valence-corrected chi connectivity index (χ1v) is 20.5. The molecule has 0 spiro atoms. The van der Waals surface area contributed by atoms with Crippen LogP contribution >= 0.6 is 11.3 Å². The molecular formula is C41H45N13O5S. The highest BCUT2D eigenvalue weighted by Crippen LogP contribution is 2.37. The molecule has 1 aliphatic heterocycles. The van der Waals surface area contributed by atoms with E-state index in [0.29, 0.717) is 105 Å². The van der Waals surface area contributed by atoms with Crippen molar-refractivity contribution in [3.05, 3.63) is 75.1 Å². The van der Waals surface area contributed by atoms with Crippen molar-refractivity contribution in [1.29, 1.82) is 0 Å². The number of thiazole rings is 1. The molecule has 8 rings (SSSR count). The van der Waals surface area contributed by atoms with Crippen LogP contribution in [0, 0.1) is 19.8 Å². The van der Waals surface area contributed by atoms with Crippen LogP contribution in [0.3, 0.4) is 0 Å². The number of nitrogens with two attached hydrogens (primary N) is 2. The molecule has 5 aromatic heterocycles. The van der Waals surface area contributed by atoms with Crippen LogP contribution in [0.5, 0.6) is 11.5 Å². The second kappa shape index (κ2) is 16.5. The summed E-state index contributed by atoms with van der Waals surface area (Å²) in [6, 6.07) is 6.56. The van der Waals surface area contributed by atoms with Gasteiger partial charge in [0.05, 0.1) is 35.5 Å². The highest BCUT2D eigenvalue weighted by Gasteiger charge is 2.24. The number of allylic oxidation sites excluding steroid dienone is 2. The Kier molecular flexibility index (Phi) is 11.0. The molecule has 0 atom stereocenters. The molecule has 2 aromatic carbocycles. The molecule has 60 heavy (non-hydrogen) atoms. The van der Waals surface area contributed by atoms with Crippen molar-refractivity contribution in [3.8, 4) is 23.1 Å². The van der Waals surface area contributed by atoms with E-state index in [2.05, 4.69) is 25.7 Å². The predicted molar refractivity (Wildman–Crippen MR) is 228 cm³/mol. The summed E-state index contributed by atoms with van der Waals surface area (Å²) in [6.45, 7) is 11.0. The minimum atomic E-state index is -0.641. The Morgan fingerprint density at radius 3 is 2.35 bits per heavy atom. The van der Waals surface area contributed by atoms with Crippen LogP contribution in [0.15, 0.2) is 42.6 Å². The van der Waals surface area contributed by atoms with Gasteiger partial charge in [0.25, 0.3) is 5.91 Å². The number of carbonyl (C=O) groups excluding carboxylic acids is 3. The fourth-order valence-corrected chi connectivity index (χ4v) is 8.34.